The summed E-state index contributed by atoms with van der Waals surface area (Å²) >= 11 is 1.29. The summed E-state index contributed by atoms with van der Waals surface area (Å²) in [5, 5.41) is 3.18. The molecule has 10 heteroatoms. The number of anilines is 1. The standard InChI is InChI=1S/C15H18N4O4S2/c1-3-25(21,22)19-8-6-11-12(9-19)24-15(17-11)18-13(20)10-5-4-7-16-14(10)23-2/h4-5,7H,3,6,8-9H2,1-2H3,(H,17,18,20). The molecule has 0 saturated carbocycles. The van der Waals surface area contributed by atoms with E-state index in [2.05, 4.69) is 15.3 Å². The summed E-state index contributed by atoms with van der Waals surface area (Å²) in [5.74, 6) is -0.0541. The van der Waals surface area contributed by atoms with Crippen molar-refractivity contribution in [1.29, 1.82) is 0 Å². The number of carbonyl (C=O) groups is 1. The molecule has 0 radical (unpaired) electrons. The first-order valence-electron chi connectivity index (χ1n) is 7.71. The Kier molecular flexibility index (Phi) is 5.02. The van der Waals surface area contributed by atoms with E-state index in [9.17, 15) is 13.2 Å². The summed E-state index contributed by atoms with van der Waals surface area (Å²) in [7, 11) is -1.78. The lowest BCUT2D eigenvalue weighted by Crippen LogP contribution is -2.36. The number of nitrogens with one attached hydrogen (secondary N) is 1. The van der Waals surface area contributed by atoms with Gasteiger partial charge in [-0.25, -0.2) is 18.4 Å². The lowest BCUT2D eigenvalue weighted by molar-refractivity contribution is 0.102. The Hall–Kier alpha value is -2.04. The Morgan fingerprint density at radius 1 is 1.48 bits per heavy atom. The van der Waals surface area contributed by atoms with Gasteiger partial charge in [-0.1, -0.05) is 0 Å². The number of methoxy groups -OCH3 is 1. The minimum atomic E-state index is -3.23. The van der Waals surface area contributed by atoms with Gasteiger partial charge in [-0.2, -0.15) is 4.31 Å². The van der Waals surface area contributed by atoms with Gasteiger partial charge in [-0.15, -0.1) is 11.3 Å². The van der Waals surface area contributed by atoms with Crippen molar-refractivity contribution >= 4 is 32.4 Å². The number of amides is 1. The van der Waals surface area contributed by atoms with Crippen LogP contribution in [0, 0.1) is 0 Å². The lowest BCUT2D eigenvalue weighted by Gasteiger charge is -2.24. The van der Waals surface area contributed by atoms with Crippen LogP contribution in [0.3, 0.4) is 0 Å². The maximum absolute atomic E-state index is 12.4. The maximum Gasteiger partial charge on any atom is 0.262 e. The Bertz CT molecular complexity index is 895. The van der Waals surface area contributed by atoms with E-state index in [1.54, 1.807) is 25.3 Å². The summed E-state index contributed by atoms with van der Waals surface area (Å²) in [5.41, 5.74) is 1.15. The fourth-order valence-electron chi connectivity index (χ4n) is 2.54. The molecule has 8 nitrogen and oxygen atoms in total. The van der Waals surface area contributed by atoms with Crippen LogP contribution in [0.1, 0.15) is 27.9 Å². The Balaban J connectivity index is 1.77. The van der Waals surface area contributed by atoms with Gasteiger partial charge in [0.2, 0.25) is 15.9 Å². The largest absolute Gasteiger partial charge is 0.480 e. The van der Waals surface area contributed by atoms with Crippen molar-refractivity contribution in [3.8, 4) is 5.88 Å². The Morgan fingerprint density at radius 2 is 2.28 bits per heavy atom. The highest BCUT2D eigenvalue weighted by Gasteiger charge is 2.28. The predicted octanol–water partition coefficient (Wildman–Crippen LogP) is 1.51. The van der Waals surface area contributed by atoms with Crippen LogP contribution in [-0.2, 0) is 23.0 Å². The minimum Gasteiger partial charge on any atom is -0.480 e. The molecule has 134 valence electrons. The molecule has 2 aromatic rings. The van der Waals surface area contributed by atoms with Crippen LogP contribution in [-0.4, -0.2) is 48.0 Å². The molecule has 1 amide bonds. The first kappa shape index (κ1) is 17.8. The Labute approximate surface area is 149 Å². The summed E-state index contributed by atoms with van der Waals surface area (Å²) in [6.45, 7) is 2.34. The molecule has 0 bridgehead atoms. The number of sulfonamides is 1. The molecule has 3 rings (SSSR count). The first-order chi connectivity index (χ1) is 11.9. The quantitative estimate of drug-likeness (QED) is 0.841. The van der Waals surface area contributed by atoms with Crippen molar-refractivity contribution < 1.29 is 17.9 Å². The Morgan fingerprint density at radius 3 is 3.00 bits per heavy atom. The SMILES string of the molecule is CCS(=O)(=O)N1CCc2nc(NC(=O)c3cccnc3OC)sc2C1. The van der Waals surface area contributed by atoms with Crippen molar-refractivity contribution in [2.75, 3.05) is 24.7 Å². The lowest BCUT2D eigenvalue weighted by atomic mass is 10.2. The predicted molar refractivity (Wildman–Crippen MR) is 94.4 cm³/mol. The van der Waals surface area contributed by atoms with Gasteiger partial charge in [0.05, 0.1) is 18.6 Å². The van der Waals surface area contributed by atoms with E-state index in [-0.39, 0.29) is 17.5 Å². The van der Waals surface area contributed by atoms with Crippen LogP contribution in [0.25, 0.3) is 0 Å². The van der Waals surface area contributed by atoms with Crippen molar-refractivity contribution in [3.63, 3.8) is 0 Å². The molecular weight excluding hydrogens is 364 g/mol. The van der Waals surface area contributed by atoms with Crippen molar-refractivity contribution in [2.24, 2.45) is 0 Å². The molecule has 25 heavy (non-hydrogen) atoms. The van der Waals surface area contributed by atoms with Crippen LogP contribution >= 0.6 is 11.3 Å². The van der Waals surface area contributed by atoms with Crippen LogP contribution in [0.15, 0.2) is 18.3 Å². The molecule has 2 aromatic heterocycles. The third-order valence-electron chi connectivity index (χ3n) is 3.88. The molecule has 0 aromatic carbocycles. The van der Waals surface area contributed by atoms with Crippen molar-refractivity contribution in [1.82, 2.24) is 14.3 Å². The van der Waals surface area contributed by atoms with Gasteiger partial charge in [0.15, 0.2) is 5.13 Å². The number of aromatic nitrogens is 2. The molecule has 0 saturated heterocycles. The van der Waals surface area contributed by atoms with E-state index in [0.29, 0.717) is 30.2 Å². The molecule has 0 spiro atoms. The van der Waals surface area contributed by atoms with E-state index in [0.717, 1.165) is 10.6 Å². The molecule has 0 aliphatic carbocycles. The third kappa shape index (κ3) is 3.65. The summed E-state index contributed by atoms with van der Waals surface area (Å²) in [6, 6.07) is 3.27. The van der Waals surface area contributed by atoms with Crippen LogP contribution in [0.2, 0.25) is 0 Å². The van der Waals surface area contributed by atoms with Gasteiger partial charge < -0.3 is 4.74 Å². The van der Waals surface area contributed by atoms with E-state index in [1.165, 1.54) is 22.8 Å². The zero-order valence-electron chi connectivity index (χ0n) is 13.9. The summed E-state index contributed by atoms with van der Waals surface area (Å²) in [6.07, 6.45) is 2.08. The minimum absolute atomic E-state index is 0.0749. The summed E-state index contributed by atoms with van der Waals surface area (Å²) in [4.78, 5) is 21.7. The second kappa shape index (κ2) is 7.06. The van der Waals surface area contributed by atoms with Gasteiger partial charge in [0.1, 0.15) is 5.56 Å². The van der Waals surface area contributed by atoms with Gasteiger partial charge >= 0.3 is 0 Å². The monoisotopic (exact) mass is 382 g/mol. The van der Waals surface area contributed by atoms with E-state index < -0.39 is 10.0 Å². The highest BCUT2D eigenvalue weighted by atomic mass is 32.2. The molecule has 0 fully saturated rings. The number of nitrogens with zero attached hydrogens (tertiary/aromatic N) is 3. The normalized spacial score (nSPS) is 14.8. The van der Waals surface area contributed by atoms with Gasteiger partial charge in [0.25, 0.3) is 5.91 Å². The number of fused-ring (bicyclic) bond motifs is 1. The average Bonchev–Trinajstić information content (AvgIpc) is 3.02. The molecule has 1 N–H and O–H groups in total. The number of pyridine rings is 1. The van der Waals surface area contributed by atoms with Crippen LogP contribution in [0.5, 0.6) is 5.88 Å². The number of carbonyl (C=O) groups excluding carboxylic acids is 1. The van der Waals surface area contributed by atoms with Crippen molar-refractivity contribution in [2.45, 2.75) is 19.9 Å². The summed E-state index contributed by atoms with van der Waals surface area (Å²) < 4.78 is 30.6. The molecular formula is C15H18N4O4S2. The number of ether oxygens (including phenoxy) is 1. The number of hydrogen-bond donors (Lipinski definition) is 1. The second-order valence-corrected chi connectivity index (χ2v) is 8.73. The fraction of sp³-hybridized carbons (Fsp3) is 0.400. The fourth-order valence-corrected chi connectivity index (χ4v) is 4.70. The van der Waals surface area contributed by atoms with E-state index in [4.69, 9.17) is 4.74 Å². The van der Waals surface area contributed by atoms with Gasteiger partial charge in [0, 0.05) is 30.6 Å². The first-order valence-corrected chi connectivity index (χ1v) is 10.1. The zero-order chi connectivity index (χ0) is 18.0. The van der Waals surface area contributed by atoms with Gasteiger partial charge in [-0.3, -0.25) is 10.1 Å². The van der Waals surface area contributed by atoms with Crippen LogP contribution in [0.4, 0.5) is 5.13 Å². The number of hydrogen-bond acceptors (Lipinski definition) is 7. The average molecular weight is 382 g/mol. The van der Waals surface area contributed by atoms with E-state index >= 15 is 0 Å². The highest BCUT2D eigenvalue weighted by Crippen LogP contribution is 2.30. The molecule has 1 aliphatic rings. The molecule has 1 aliphatic heterocycles. The smallest absolute Gasteiger partial charge is 0.262 e. The highest BCUT2D eigenvalue weighted by molar-refractivity contribution is 7.89. The number of rotatable bonds is 5. The molecule has 0 atom stereocenters. The second-order valence-electron chi connectivity index (χ2n) is 5.39. The van der Waals surface area contributed by atoms with Crippen LogP contribution < -0.4 is 10.1 Å². The van der Waals surface area contributed by atoms with Gasteiger partial charge in [-0.05, 0) is 19.1 Å². The number of thiazole rings is 1. The van der Waals surface area contributed by atoms with E-state index in [1.807, 2.05) is 0 Å². The maximum atomic E-state index is 12.4. The van der Waals surface area contributed by atoms with Crippen molar-refractivity contribution in [3.05, 3.63) is 34.5 Å². The molecule has 3 heterocycles. The molecule has 0 unspecified atom stereocenters. The zero-order valence-corrected chi connectivity index (χ0v) is 15.5. The third-order valence-corrected chi connectivity index (χ3v) is 6.71. The topological polar surface area (TPSA) is 101 Å².